The van der Waals surface area contributed by atoms with Crippen LogP contribution in [0.3, 0.4) is 0 Å². The summed E-state index contributed by atoms with van der Waals surface area (Å²) < 4.78 is 40.6. The van der Waals surface area contributed by atoms with E-state index in [0.717, 1.165) is 25.3 Å². The van der Waals surface area contributed by atoms with Gasteiger partial charge >= 0.3 is 0 Å². The van der Waals surface area contributed by atoms with Crippen LogP contribution in [-0.2, 0) is 10.0 Å². The molecule has 0 radical (unpaired) electrons. The summed E-state index contributed by atoms with van der Waals surface area (Å²) in [5.74, 6) is -0.819. The first-order valence-electron chi connectivity index (χ1n) is 5.98. The highest BCUT2D eigenvalue weighted by molar-refractivity contribution is 9.10. The van der Waals surface area contributed by atoms with Crippen LogP contribution >= 0.6 is 15.9 Å². The van der Waals surface area contributed by atoms with Crippen LogP contribution in [0.15, 0.2) is 21.5 Å². The SMILES string of the molecule is CC1(CNS(=O)(=O)c2cc(N)cc(Br)c2F)CCC1. The molecule has 0 amide bonds. The van der Waals surface area contributed by atoms with Gasteiger partial charge in [-0.25, -0.2) is 17.5 Å². The molecule has 0 aliphatic heterocycles. The third-order valence-electron chi connectivity index (χ3n) is 3.56. The molecule has 0 bridgehead atoms. The first-order valence-corrected chi connectivity index (χ1v) is 8.25. The highest BCUT2D eigenvalue weighted by Gasteiger charge is 2.33. The van der Waals surface area contributed by atoms with Crippen LogP contribution in [0.5, 0.6) is 0 Å². The molecule has 0 spiro atoms. The van der Waals surface area contributed by atoms with Gasteiger partial charge in [0.15, 0.2) is 5.82 Å². The van der Waals surface area contributed by atoms with E-state index >= 15 is 0 Å². The average Bonchev–Trinajstić information content (AvgIpc) is 2.28. The maximum atomic E-state index is 13.9. The fraction of sp³-hybridized carbons (Fsp3) is 0.500. The smallest absolute Gasteiger partial charge is 0.243 e. The van der Waals surface area contributed by atoms with Crippen molar-refractivity contribution in [3.8, 4) is 0 Å². The number of nitrogen functional groups attached to an aromatic ring is 1. The van der Waals surface area contributed by atoms with E-state index in [1.165, 1.54) is 6.07 Å². The van der Waals surface area contributed by atoms with Crippen molar-refractivity contribution < 1.29 is 12.8 Å². The Kier molecular flexibility index (Phi) is 3.90. The van der Waals surface area contributed by atoms with E-state index in [4.69, 9.17) is 5.73 Å². The minimum absolute atomic E-state index is 0.0128. The molecule has 0 heterocycles. The molecule has 4 nitrogen and oxygen atoms in total. The number of benzene rings is 1. The Bertz CT molecular complexity index is 600. The van der Waals surface area contributed by atoms with Crippen LogP contribution in [0, 0.1) is 11.2 Å². The Balaban J connectivity index is 2.24. The fourth-order valence-electron chi connectivity index (χ4n) is 2.08. The predicted molar refractivity (Wildman–Crippen MR) is 75.7 cm³/mol. The van der Waals surface area contributed by atoms with E-state index in [-0.39, 0.29) is 15.6 Å². The summed E-state index contributed by atoms with van der Waals surface area (Å²) in [6.45, 7) is 2.34. The van der Waals surface area contributed by atoms with Crippen LogP contribution in [0.4, 0.5) is 10.1 Å². The lowest BCUT2D eigenvalue weighted by Crippen LogP contribution is -2.40. The van der Waals surface area contributed by atoms with Gasteiger partial charge in [0.2, 0.25) is 10.0 Å². The molecule has 0 atom stereocenters. The molecule has 2 rings (SSSR count). The summed E-state index contributed by atoms with van der Waals surface area (Å²) in [4.78, 5) is -0.415. The lowest BCUT2D eigenvalue weighted by Gasteiger charge is -2.38. The molecule has 1 aromatic rings. The third kappa shape index (κ3) is 3.09. The molecule has 1 aliphatic rings. The van der Waals surface area contributed by atoms with Gasteiger partial charge in [-0.1, -0.05) is 13.3 Å². The number of anilines is 1. The van der Waals surface area contributed by atoms with Gasteiger partial charge in [0.25, 0.3) is 0 Å². The summed E-state index contributed by atoms with van der Waals surface area (Å²) in [7, 11) is -3.88. The van der Waals surface area contributed by atoms with E-state index < -0.39 is 20.7 Å². The van der Waals surface area contributed by atoms with E-state index in [1.54, 1.807) is 0 Å². The van der Waals surface area contributed by atoms with Crippen LogP contribution in [0.2, 0.25) is 0 Å². The minimum atomic E-state index is -3.88. The molecule has 1 aliphatic carbocycles. The maximum Gasteiger partial charge on any atom is 0.243 e. The Labute approximate surface area is 120 Å². The van der Waals surface area contributed by atoms with Crippen molar-refractivity contribution in [3.63, 3.8) is 0 Å². The topological polar surface area (TPSA) is 72.2 Å². The zero-order valence-electron chi connectivity index (χ0n) is 10.5. The number of hydrogen-bond donors (Lipinski definition) is 2. The van der Waals surface area contributed by atoms with Gasteiger partial charge in [0, 0.05) is 12.2 Å². The third-order valence-corrected chi connectivity index (χ3v) is 5.53. The number of rotatable bonds is 4. The molecule has 0 unspecified atom stereocenters. The number of sulfonamides is 1. The quantitative estimate of drug-likeness (QED) is 0.820. The van der Waals surface area contributed by atoms with Gasteiger partial charge in [-0.2, -0.15) is 0 Å². The second kappa shape index (κ2) is 5.03. The Hall–Kier alpha value is -0.660. The summed E-state index contributed by atoms with van der Waals surface area (Å²) in [6.07, 6.45) is 3.08. The van der Waals surface area contributed by atoms with Gasteiger partial charge in [-0.05, 0) is 46.3 Å². The molecule has 1 aromatic carbocycles. The molecular weight excluding hydrogens is 335 g/mol. The molecule has 3 N–H and O–H groups in total. The second-order valence-corrected chi connectivity index (χ2v) is 7.89. The standard InChI is InChI=1S/C12H16BrFN2O2S/c1-12(3-2-4-12)7-16-19(17,18)10-6-8(15)5-9(13)11(10)14/h5-6,16H,2-4,7,15H2,1H3. The monoisotopic (exact) mass is 350 g/mol. The zero-order valence-corrected chi connectivity index (χ0v) is 12.9. The van der Waals surface area contributed by atoms with Crippen molar-refractivity contribution in [2.75, 3.05) is 12.3 Å². The van der Waals surface area contributed by atoms with Crippen molar-refractivity contribution in [1.29, 1.82) is 0 Å². The van der Waals surface area contributed by atoms with Gasteiger partial charge in [0.05, 0.1) is 4.47 Å². The number of nitrogens with one attached hydrogen (secondary N) is 1. The highest BCUT2D eigenvalue weighted by Crippen LogP contribution is 2.39. The molecule has 7 heteroatoms. The van der Waals surface area contributed by atoms with Crippen molar-refractivity contribution >= 4 is 31.6 Å². The molecule has 19 heavy (non-hydrogen) atoms. The number of halogens is 2. The van der Waals surface area contributed by atoms with Crippen molar-refractivity contribution in [2.45, 2.75) is 31.1 Å². The largest absolute Gasteiger partial charge is 0.399 e. The lowest BCUT2D eigenvalue weighted by molar-refractivity contribution is 0.166. The molecule has 1 fully saturated rings. The van der Waals surface area contributed by atoms with E-state index in [1.807, 2.05) is 6.92 Å². The van der Waals surface area contributed by atoms with Crippen LogP contribution in [-0.4, -0.2) is 15.0 Å². The van der Waals surface area contributed by atoms with E-state index in [0.29, 0.717) is 6.54 Å². The first kappa shape index (κ1) is 14.7. The number of hydrogen-bond acceptors (Lipinski definition) is 3. The van der Waals surface area contributed by atoms with Crippen molar-refractivity contribution in [1.82, 2.24) is 4.72 Å². The highest BCUT2D eigenvalue weighted by atomic mass is 79.9. The molecular formula is C12H16BrFN2O2S. The predicted octanol–water partition coefficient (Wildman–Crippen LogP) is 2.64. The Morgan fingerprint density at radius 1 is 1.47 bits per heavy atom. The van der Waals surface area contributed by atoms with E-state index in [9.17, 15) is 12.8 Å². The van der Waals surface area contributed by atoms with Crippen LogP contribution in [0.25, 0.3) is 0 Å². The van der Waals surface area contributed by atoms with Crippen molar-refractivity contribution in [3.05, 3.63) is 22.4 Å². The lowest BCUT2D eigenvalue weighted by atomic mass is 9.71. The van der Waals surface area contributed by atoms with Gasteiger partial charge < -0.3 is 5.73 Å². The van der Waals surface area contributed by atoms with Gasteiger partial charge in [-0.3, -0.25) is 0 Å². The second-order valence-electron chi connectivity index (χ2n) is 5.30. The van der Waals surface area contributed by atoms with Gasteiger partial charge in [-0.15, -0.1) is 0 Å². The van der Waals surface area contributed by atoms with Gasteiger partial charge in [0.1, 0.15) is 4.90 Å². The Morgan fingerprint density at radius 2 is 2.11 bits per heavy atom. The van der Waals surface area contributed by atoms with Crippen LogP contribution < -0.4 is 10.5 Å². The normalized spacial score (nSPS) is 18.1. The van der Waals surface area contributed by atoms with Crippen LogP contribution in [0.1, 0.15) is 26.2 Å². The summed E-state index contributed by atoms with van der Waals surface area (Å²) in [6, 6.07) is 2.47. The molecule has 1 saturated carbocycles. The first-order chi connectivity index (χ1) is 8.73. The molecule has 0 saturated heterocycles. The fourth-order valence-corrected chi connectivity index (χ4v) is 4.02. The number of nitrogens with two attached hydrogens (primary N) is 1. The Morgan fingerprint density at radius 3 is 2.63 bits per heavy atom. The molecule has 106 valence electrons. The summed E-state index contributed by atoms with van der Waals surface area (Å²) in [5.41, 5.74) is 5.74. The van der Waals surface area contributed by atoms with Crippen molar-refractivity contribution in [2.24, 2.45) is 5.41 Å². The summed E-state index contributed by atoms with van der Waals surface area (Å²) in [5, 5.41) is 0. The zero-order chi connectivity index (χ0) is 14.3. The van der Waals surface area contributed by atoms with E-state index in [2.05, 4.69) is 20.7 Å². The average molecular weight is 351 g/mol. The molecule has 0 aromatic heterocycles. The minimum Gasteiger partial charge on any atom is -0.399 e. The summed E-state index contributed by atoms with van der Waals surface area (Å²) >= 11 is 2.96. The maximum absolute atomic E-state index is 13.9.